The van der Waals surface area contributed by atoms with Crippen LogP contribution in [0.2, 0.25) is 0 Å². The molecule has 1 aliphatic heterocycles. The minimum atomic E-state index is -1.82. The first-order valence-electron chi connectivity index (χ1n) is 6.48. The summed E-state index contributed by atoms with van der Waals surface area (Å²) in [6, 6.07) is 0.488. The Hall–Kier alpha value is -1.41. The van der Waals surface area contributed by atoms with Crippen molar-refractivity contribution in [2.45, 2.75) is 26.3 Å². The molecule has 0 saturated carbocycles. The third kappa shape index (κ3) is 7.90. The summed E-state index contributed by atoms with van der Waals surface area (Å²) in [6.07, 6.45) is 1.12. The van der Waals surface area contributed by atoms with Crippen LogP contribution < -0.4 is 5.32 Å². The second kappa shape index (κ2) is 9.49. The van der Waals surface area contributed by atoms with Crippen molar-refractivity contribution in [2.24, 2.45) is 0 Å². The first kappa shape index (κ1) is 18.6. The van der Waals surface area contributed by atoms with Gasteiger partial charge < -0.3 is 25.3 Å². The molecule has 0 radical (unpaired) electrons. The third-order valence-electron chi connectivity index (χ3n) is 2.96. The van der Waals surface area contributed by atoms with Crippen molar-refractivity contribution in [1.29, 1.82) is 0 Å². The van der Waals surface area contributed by atoms with Crippen LogP contribution in [0.4, 0.5) is 0 Å². The molecule has 20 heavy (non-hydrogen) atoms. The topological polar surface area (TPSA) is 93.1 Å². The molecule has 1 unspecified atom stereocenters. The highest BCUT2D eigenvalue weighted by Gasteiger charge is 2.16. The van der Waals surface area contributed by atoms with Gasteiger partial charge in [0, 0.05) is 32.2 Å². The number of nitrogens with zero attached hydrogens (tertiary/aromatic N) is 2. The van der Waals surface area contributed by atoms with E-state index in [4.69, 9.17) is 32.0 Å². The lowest BCUT2D eigenvalue weighted by Crippen LogP contribution is -2.51. The molecule has 0 aromatic carbocycles. The zero-order valence-electron chi connectivity index (χ0n) is 12.1. The second-order valence-electron chi connectivity index (χ2n) is 4.66. The zero-order chi connectivity index (χ0) is 15.7. The summed E-state index contributed by atoms with van der Waals surface area (Å²) < 4.78 is 0. The highest BCUT2D eigenvalue weighted by atomic mass is 32.1. The Kier molecular flexibility index (Phi) is 8.82. The smallest absolute Gasteiger partial charge is 0.414 e. The molecule has 7 nitrogen and oxygen atoms in total. The average molecular weight is 305 g/mol. The van der Waals surface area contributed by atoms with Crippen LogP contribution in [0.5, 0.6) is 0 Å². The summed E-state index contributed by atoms with van der Waals surface area (Å²) in [6.45, 7) is 8.68. The highest BCUT2D eigenvalue weighted by molar-refractivity contribution is 7.80. The summed E-state index contributed by atoms with van der Waals surface area (Å²) in [7, 11) is 2.16. The minimum absolute atomic E-state index is 0.488. The summed E-state index contributed by atoms with van der Waals surface area (Å²) in [5.74, 6) is -3.65. The Balaban J connectivity index is 0.000000511. The van der Waals surface area contributed by atoms with E-state index in [1.165, 1.54) is 0 Å². The van der Waals surface area contributed by atoms with Crippen molar-refractivity contribution >= 4 is 29.3 Å². The van der Waals surface area contributed by atoms with Crippen molar-refractivity contribution in [3.05, 3.63) is 0 Å². The number of hydrogen-bond acceptors (Lipinski definition) is 4. The minimum Gasteiger partial charge on any atom is -0.473 e. The second-order valence-corrected chi connectivity index (χ2v) is 5.05. The fourth-order valence-corrected chi connectivity index (χ4v) is 1.80. The number of rotatable bonds is 2. The van der Waals surface area contributed by atoms with Gasteiger partial charge in [-0.25, -0.2) is 9.59 Å². The van der Waals surface area contributed by atoms with E-state index in [0.29, 0.717) is 6.04 Å². The summed E-state index contributed by atoms with van der Waals surface area (Å²) in [5, 5.41) is 19.1. The number of carboxylic acid groups (broad SMARTS) is 2. The molecule has 0 aliphatic carbocycles. The van der Waals surface area contributed by atoms with Crippen molar-refractivity contribution in [1.82, 2.24) is 15.1 Å². The molecule has 0 bridgehead atoms. The van der Waals surface area contributed by atoms with Gasteiger partial charge in [-0.05, 0) is 32.6 Å². The summed E-state index contributed by atoms with van der Waals surface area (Å²) in [4.78, 5) is 22.8. The number of nitrogens with one attached hydrogen (secondary N) is 1. The number of carboxylic acids is 2. The number of hydrogen-bond donors (Lipinski definition) is 3. The highest BCUT2D eigenvalue weighted by Crippen LogP contribution is 2.00. The van der Waals surface area contributed by atoms with Gasteiger partial charge in [0.1, 0.15) is 0 Å². The molecular weight excluding hydrogens is 282 g/mol. The monoisotopic (exact) mass is 305 g/mol. The molecule has 1 fully saturated rings. The van der Waals surface area contributed by atoms with Crippen molar-refractivity contribution in [3.8, 4) is 0 Å². The van der Waals surface area contributed by atoms with Crippen molar-refractivity contribution < 1.29 is 19.8 Å². The molecule has 1 heterocycles. The van der Waals surface area contributed by atoms with E-state index < -0.39 is 11.9 Å². The van der Waals surface area contributed by atoms with Crippen LogP contribution in [0.15, 0.2) is 0 Å². The van der Waals surface area contributed by atoms with Gasteiger partial charge in [0.15, 0.2) is 5.11 Å². The SMILES string of the molecule is CCC(C)NC(=S)N1CCN(C)CC1.O=C(O)C(=O)O. The van der Waals surface area contributed by atoms with Crippen LogP contribution >= 0.6 is 12.2 Å². The molecule has 3 N–H and O–H groups in total. The lowest BCUT2D eigenvalue weighted by molar-refractivity contribution is -0.159. The largest absolute Gasteiger partial charge is 0.473 e. The van der Waals surface area contributed by atoms with Crippen LogP contribution in [0.1, 0.15) is 20.3 Å². The van der Waals surface area contributed by atoms with E-state index in [1.54, 1.807) is 0 Å². The fraction of sp³-hybridized carbons (Fsp3) is 0.750. The van der Waals surface area contributed by atoms with Crippen molar-refractivity contribution in [3.63, 3.8) is 0 Å². The van der Waals surface area contributed by atoms with Crippen LogP contribution in [0, 0.1) is 0 Å². The quantitative estimate of drug-likeness (QED) is 0.487. The number of piperazine rings is 1. The lowest BCUT2D eigenvalue weighted by Gasteiger charge is -2.35. The molecule has 116 valence electrons. The molecule has 0 aromatic rings. The van der Waals surface area contributed by atoms with Crippen LogP contribution in [0.25, 0.3) is 0 Å². The Morgan fingerprint density at radius 3 is 2.00 bits per heavy atom. The zero-order valence-corrected chi connectivity index (χ0v) is 12.9. The molecule has 0 aromatic heterocycles. The van der Waals surface area contributed by atoms with E-state index >= 15 is 0 Å². The van der Waals surface area contributed by atoms with Gasteiger partial charge in [0.2, 0.25) is 0 Å². The number of carbonyl (C=O) groups is 2. The molecule has 8 heteroatoms. The average Bonchev–Trinajstić information content (AvgIpc) is 2.39. The standard InChI is InChI=1S/C10H21N3S.C2H2O4/c1-4-9(2)11-10(14)13-7-5-12(3)6-8-13;3-1(4)2(5)6/h9H,4-8H2,1-3H3,(H,11,14);(H,3,4)(H,5,6). The summed E-state index contributed by atoms with van der Waals surface area (Å²) in [5.41, 5.74) is 0. The molecule has 1 saturated heterocycles. The molecule has 1 rings (SSSR count). The van der Waals surface area contributed by atoms with Gasteiger partial charge in [-0.15, -0.1) is 0 Å². The van der Waals surface area contributed by atoms with Gasteiger partial charge >= 0.3 is 11.9 Å². The van der Waals surface area contributed by atoms with Gasteiger partial charge in [0.25, 0.3) is 0 Å². The van der Waals surface area contributed by atoms with Crippen LogP contribution in [-0.4, -0.2) is 76.3 Å². The van der Waals surface area contributed by atoms with E-state index in [1.807, 2.05) is 0 Å². The molecular formula is C12H23N3O4S. The van der Waals surface area contributed by atoms with Gasteiger partial charge in [0.05, 0.1) is 0 Å². The fourth-order valence-electron chi connectivity index (χ4n) is 1.41. The number of likely N-dealkylation sites (N-methyl/N-ethyl adjacent to an activating group) is 1. The molecule has 1 atom stereocenters. The normalized spacial score (nSPS) is 16.6. The molecule has 0 amide bonds. The third-order valence-corrected chi connectivity index (χ3v) is 3.33. The van der Waals surface area contributed by atoms with Gasteiger partial charge in [-0.3, -0.25) is 0 Å². The van der Waals surface area contributed by atoms with Crippen molar-refractivity contribution in [2.75, 3.05) is 33.2 Å². The maximum atomic E-state index is 9.10. The Morgan fingerprint density at radius 1 is 1.20 bits per heavy atom. The van der Waals surface area contributed by atoms with Gasteiger partial charge in [-0.1, -0.05) is 6.92 Å². The van der Waals surface area contributed by atoms with E-state index in [-0.39, 0.29) is 0 Å². The summed E-state index contributed by atoms with van der Waals surface area (Å²) >= 11 is 5.35. The van der Waals surface area contributed by atoms with E-state index in [2.05, 4.69) is 36.0 Å². The molecule has 1 aliphatic rings. The Morgan fingerprint density at radius 2 is 1.65 bits per heavy atom. The Labute approximate surface area is 124 Å². The predicted molar refractivity (Wildman–Crippen MR) is 79.8 cm³/mol. The van der Waals surface area contributed by atoms with Gasteiger partial charge in [-0.2, -0.15) is 0 Å². The first-order chi connectivity index (χ1) is 9.27. The van der Waals surface area contributed by atoms with E-state index in [0.717, 1.165) is 37.7 Å². The van der Waals surface area contributed by atoms with Crippen LogP contribution in [-0.2, 0) is 9.59 Å². The Bertz CT molecular complexity index is 332. The number of thiocarbonyl (C=S) groups is 1. The predicted octanol–water partition coefficient (Wildman–Crippen LogP) is 0.0624. The maximum Gasteiger partial charge on any atom is 0.414 e. The molecule has 0 spiro atoms. The maximum absolute atomic E-state index is 9.10. The lowest BCUT2D eigenvalue weighted by atomic mass is 10.3. The van der Waals surface area contributed by atoms with E-state index in [9.17, 15) is 0 Å². The first-order valence-corrected chi connectivity index (χ1v) is 6.88. The van der Waals surface area contributed by atoms with Crippen LogP contribution in [0.3, 0.4) is 0 Å². The number of aliphatic carboxylic acids is 2.